The number of hydrogen-bond donors (Lipinski definition) is 0. The predicted molar refractivity (Wildman–Crippen MR) is 208 cm³/mol. The van der Waals surface area contributed by atoms with Gasteiger partial charge in [0, 0.05) is 38.7 Å². The van der Waals surface area contributed by atoms with Crippen LogP contribution >= 0.6 is 0 Å². The summed E-state index contributed by atoms with van der Waals surface area (Å²) >= 11 is 0. The summed E-state index contributed by atoms with van der Waals surface area (Å²) in [5, 5.41) is 7.60. The maximum absolute atomic E-state index is 6.99. The van der Waals surface area contributed by atoms with Crippen LogP contribution in [0, 0.1) is 0 Å². The molecule has 0 radical (unpaired) electrons. The molecule has 0 fully saturated rings. The smallest absolute Gasteiger partial charge is 0.153 e. The minimum atomic E-state index is -0.478. The van der Waals surface area contributed by atoms with Crippen molar-refractivity contribution in [2.45, 2.75) is 31.3 Å². The second kappa shape index (κ2) is 10.2. The van der Waals surface area contributed by atoms with Gasteiger partial charge in [-0.05, 0) is 78.1 Å². The van der Waals surface area contributed by atoms with Gasteiger partial charge < -0.3 is 13.9 Å². The minimum absolute atomic E-state index is 0.302. The fourth-order valence-electron chi connectivity index (χ4n) is 9.33. The third-order valence-corrected chi connectivity index (χ3v) is 11.5. The second-order valence-corrected chi connectivity index (χ2v) is 14.1. The molecule has 1 aliphatic carbocycles. The molecule has 11 rings (SSSR count). The summed E-state index contributed by atoms with van der Waals surface area (Å²) in [5.41, 5.74) is 10.6. The Morgan fingerprint density at radius 3 is 2.14 bits per heavy atom. The molecule has 3 heteroatoms. The Balaban J connectivity index is 1.17. The summed E-state index contributed by atoms with van der Waals surface area (Å²) in [6.45, 7) is 2.31. The zero-order chi connectivity index (χ0) is 33.0. The maximum Gasteiger partial charge on any atom is 0.153 e. The number of aromatic nitrogens is 2. The highest BCUT2D eigenvalue weighted by Crippen LogP contribution is 2.55. The van der Waals surface area contributed by atoms with Gasteiger partial charge in [0.25, 0.3) is 0 Å². The van der Waals surface area contributed by atoms with Crippen LogP contribution in [-0.4, -0.2) is 14.7 Å². The van der Waals surface area contributed by atoms with Gasteiger partial charge in [0.05, 0.1) is 27.8 Å². The number of allylic oxidation sites excluding steroid dienone is 1. The molecule has 7 aromatic carbocycles. The molecule has 1 aliphatic heterocycles. The highest BCUT2D eigenvalue weighted by molar-refractivity contribution is 6.26. The zero-order valence-corrected chi connectivity index (χ0v) is 27.8. The summed E-state index contributed by atoms with van der Waals surface area (Å²) in [7, 11) is 0. The van der Waals surface area contributed by atoms with E-state index in [0.717, 1.165) is 24.3 Å². The van der Waals surface area contributed by atoms with Gasteiger partial charge in [-0.1, -0.05) is 121 Å². The first-order chi connectivity index (χ1) is 24.7. The van der Waals surface area contributed by atoms with Gasteiger partial charge in [-0.15, -0.1) is 0 Å². The van der Waals surface area contributed by atoms with E-state index in [1.807, 2.05) is 0 Å². The third-order valence-electron chi connectivity index (χ3n) is 11.5. The lowest BCUT2D eigenvalue weighted by atomic mass is 9.76. The van der Waals surface area contributed by atoms with Crippen LogP contribution in [0.4, 0.5) is 0 Å². The largest absolute Gasteiger partial charge is 0.480 e. The molecule has 0 saturated heterocycles. The molecule has 0 spiro atoms. The molecule has 238 valence electrons. The monoisotopic (exact) mass is 642 g/mol. The van der Waals surface area contributed by atoms with E-state index >= 15 is 0 Å². The fraction of sp³-hybridized carbons (Fsp3) is 0.106. The van der Waals surface area contributed by atoms with Gasteiger partial charge in [-0.3, -0.25) is 0 Å². The maximum atomic E-state index is 6.99. The highest BCUT2D eigenvalue weighted by atomic mass is 16.5. The standard InChI is InChI=1S/C47H34N2O/c1-47-39(37-16-6-9-22-43(37)50-47)19-11-23-44(47)49-40-20-7-4-15-35(40)36-28-29-42-45(46(36)49)38-17-5-8-21-41(38)48(42)32-26-24-31(25-27-32)34-18-10-13-30-12-2-3-14-33(30)34/h2-10,12-18,20-29,39H,11,19H2,1H3. The summed E-state index contributed by atoms with van der Waals surface area (Å²) in [5.74, 6) is 1.32. The molecule has 0 saturated carbocycles. The van der Waals surface area contributed by atoms with E-state index in [1.54, 1.807) is 0 Å². The van der Waals surface area contributed by atoms with Crippen molar-refractivity contribution in [3.05, 3.63) is 163 Å². The van der Waals surface area contributed by atoms with Crippen LogP contribution < -0.4 is 4.74 Å². The quantitative estimate of drug-likeness (QED) is 0.188. The van der Waals surface area contributed by atoms with Crippen molar-refractivity contribution >= 4 is 60.1 Å². The topological polar surface area (TPSA) is 19.1 Å². The first-order valence-electron chi connectivity index (χ1n) is 17.7. The van der Waals surface area contributed by atoms with Gasteiger partial charge in [-0.25, -0.2) is 0 Å². The van der Waals surface area contributed by atoms with Crippen molar-refractivity contribution in [3.8, 4) is 22.6 Å². The number of benzene rings is 7. The Bertz CT molecular complexity index is 2860. The Morgan fingerprint density at radius 2 is 1.28 bits per heavy atom. The van der Waals surface area contributed by atoms with E-state index in [-0.39, 0.29) is 0 Å². The van der Waals surface area contributed by atoms with Crippen LogP contribution in [0.5, 0.6) is 5.75 Å². The normalized spacial score (nSPS) is 18.5. The average molecular weight is 643 g/mol. The van der Waals surface area contributed by atoms with Crippen LogP contribution in [0.15, 0.2) is 158 Å². The van der Waals surface area contributed by atoms with Crippen molar-refractivity contribution in [3.63, 3.8) is 0 Å². The Kier molecular flexibility index (Phi) is 5.70. The van der Waals surface area contributed by atoms with Gasteiger partial charge in [0.2, 0.25) is 0 Å². The molecule has 0 amide bonds. The molecular weight excluding hydrogens is 609 g/mol. The number of nitrogens with zero attached hydrogens (tertiary/aromatic N) is 2. The molecule has 2 unspecified atom stereocenters. The molecule has 0 bridgehead atoms. The van der Waals surface area contributed by atoms with Crippen molar-refractivity contribution in [1.29, 1.82) is 0 Å². The molecule has 3 heterocycles. The third kappa shape index (κ3) is 3.69. The van der Waals surface area contributed by atoms with Gasteiger partial charge in [-0.2, -0.15) is 0 Å². The summed E-state index contributed by atoms with van der Waals surface area (Å²) in [6.07, 6.45) is 4.54. The number of ether oxygens (including phenoxy) is 1. The van der Waals surface area contributed by atoms with Crippen molar-refractivity contribution in [2.24, 2.45) is 0 Å². The molecule has 2 atom stereocenters. The van der Waals surface area contributed by atoms with E-state index < -0.39 is 5.60 Å². The first kappa shape index (κ1) is 27.8. The predicted octanol–water partition coefficient (Wildman–Crippen LogP) is 12.3. The van der Waals surface area contributed by atoms with Crippen LogP contribution in [-0.2, 0) is 0 Å². The lowest BCUT2D eigenvalue weighted by Gasteiger charge is -2.37. The first-order valence-corrected chi connectivity index (χ1v) is 17.7. The number of para-hydroxylation sites is 3. The zero-order valence-electron chi connectivity index (χ0n) is 27.8. The van der Waals surface area contributed by atoms with E-state index in [1.165, 1.54) is 76.8 Å². The fourth-order valence-corrected chi connectivity index (χ4v) is 9.33. The second-order valence-electron chi connectivity index (χ2n) is 14.1. The molecule has 0 N–H and O–H groups in total. The molecule has 9 aromatic rings. The van der Waals surface area contributed by atoms with Crippen LogP contribution in [0.1, 0.15) is 31.2 Å². The number of rotatable bonds is 3. The lowest BCUT2D eigenvalue weighted by Crippen LogP contribution is -2.40. The van der Waals surface area contributed by atoms with Crippen LogP contribution in [0.3, 0.4) is 0 Å². The number of hydrogen-bond acceptors (Lipinski definition) is 1. The van der Waals surface area contributed by atoms with Gasteiger partial charge in [0.1, 0.15) is 5.75 Å². The molecule has 50 heavy (non-hydrogen) atoms. The van der Waals surface area contributed by atoms with Crippen molar-refractivity contribution in [2.75, 3.05) is 0 Å². The SMILES string of the molecule is CC12Oc3ccccc3C1CCC=C2n1c2ccccc2c2ccc3c(c4ccccc4n3-c3ccc(-c4cccc5ccccc45)cc3)c21. The Labute approximate surface area is 290 Å². The van der Waals surface area contributed by atoms with Crippen molar-refractivity contribution in [1.82, 2.24) is 9.13 Å². The van der Waals surface area contributed by atoms with Gasteiger partial charge >= 0.3 is 0 Å². The van der Waals surface area contributed by atoms with E-state index in [4.69, 9.17) is 4.74 Å². The molecule has 2 aliphatic rings. The van der Waals surface area contributed by atoms with E-state index in [0.29, 0.717) is 5.92 Å². The lowest BCUT2D eigenvalue weighted by molar-refractivity contribution is 0.138. The Morgan fingerprint density at radius 1 is 0.580 bits per heavy atom. The summed E-state index contributed by atoms with van der Waals surface area (Å²) in [4.78, 5) is 0. The highest BCUT2D eigenvalue weighted by Gasteiger charge is 2.50. The van der Waals surface area contributed by atoms with Crippen LogP contribution in [0.2, 0.25) is 0 Å². The summed E-state index contributed by atoms with van der Waals surface area (Å²) < 4.78 is 12.0. The van der Waals surface area contributed by atoms with E-state index in [9.17, 15) is 0 Å². The minimum Gasteiger partial charge on any atom is -0.480 e. The molecule has 2 aromatic heterocycles. The molecule has 3 nitrogen and oxygen atoms in total. The average Bonchev–Trinajstić information content (AvgIpc) is 3.79. The van der Waals surface area contributed by atoms with Crippen molar-refractivity contribution < 1.29 is 4.74 Å². The van der Waals surface area contributed by atoms with Gasteiger partial charge in [0.15, 0.2) is 5.60 Å². The number of fused-ring (bicyclic) bond motifs is 11. The summed E-state index contributed by atoms with van der Waals surface area (Å²) in [6, 6.07) is 55.4. The van der Waals surface area contributed by atoms with Crippen LogP contribution in [0.25, 0.3) is 76.9 Å². The van der Waals surface area contributed by atoms with E-state index in [2.05, 4.69) is 174 Å². The molecular formula is C47H34N2O. The Hall–Kier alpha value is -6.06.